The molecule has 0 radical (unpaired) electrons. The number of halogens is 1. The molecule has 1 nitrogen and oxygen atoms in total. The summed E-state index contributed by atoms with van der Waals surface area (Å²) in [6.45, 7) is 2.00. The van der Waals surface area contributed by atoms with Crippen LogP contribution in [0.25, 0.3) is 0 Å². The molecular formula is C2H4ClLiO. The van der Waals surface area contributed by atoms with E-state index in [1.807, 2.05) is 0 Å². The summed E-state index contributed by atoms with van der Waals surface area (Å²) in [5.41, 5.74) is 0. The first-order chi connectivity index (χ1) is 1.50. The molecule has 0 aromatic carbocycles. The van der Waals surface area contributed by atoms with Crippen molar-refractivity contribution in [2.75, 3.05) is 13.2 Å². The molecule has 0 aliphatic carbocycles. The van der Waals surface area contributed by atoms with Gasteiger partial charge in [0.25, 0.3) is 0 Å². The van der Waals surface area contributed by atoms with Gasteiger partial charge in [-0.1, -0.05) is 0 Å². The smallest absolute Gasteiger partial charge is 1.00 e. The fraction of sp³-hybridized carbons (Fsp3) is 1.00. The van der Waals surface area contributed by atoms with Crippen LogP contribution in [0.4, 0.5) is 0 Å². The zero-order chi connectivity index (χ0) is 2.12. The summed E-state index contributed by atoms with van der Waals surface area (Å²) in [7, 11) is 0. The van der Waals surface area contributed by atoms with Crippen LogP contribution in [0.2, 0.25) is 0 Å². The van der Waals surface area contributed by atoms with Crippen molar-refractivity contribution in [3.8, 4) is 0 Å². The molecule has 0 atom stereocenters. The molecule has 0 aromatic rings. The van der Waals surface area contributed by atoms with Gasteiger partial charge < -0.3 is 17.1 Å². The van der Waals surface area contributed by atoms with Gasteiger partial charge in [-0.05, 0) is 0 Å². The summed E-state index contributed by atoms with van der Waals surface area (Å²) in [4.78, 5) is 0. The maximum absolute atomic E-state index is 4.50. The van der Waals surface area contributed by atoms with E-state index in [-0.39, 0.29) is 31.3 Å². The number of hydrogen-bond donors (Lipinski definition) is 0. The fourth-order valence-corrected chi connectivity index (χ4v) is 0. The second-order valence-corrected chi connectivity index (χ2v) is 0.612. The molecule has 0 N–H and O–H groups in total. The van der Waals surface area contributed by atoms with Crippen LogP contribution in [0.3, 0.4) is 0 Å². The van der Waals surface area contributed by atoms with E-state index in [0.717, 1.165) is 13.2 Å². The molecule has 3 heteroatoms. The second-order valence-electron chi connectivity index (χ2n) is 0.612. The van der Waals surface area contributed by atoms with Crippen molar-refractivity contribution >= 4 is 0 Å². The third-order valence-electron chi connectivity index (χ3n) is 0.204. The third-order valence-corrected chi connectivity index (χ3v) is 0.204. The Balaban J connectivity index is 0. The van der Waals surface area contributed by atoms with Gasteiger partial charge in [0, 0.05) is 0 Å². The van der Waals surface area contributed by atoms with Crippen molar-refractivity contribution in [3.63, 3.8) is 0 Å². The number of rotatable bonds is 0. The molecular weight excluding hydrogens is 82.4 g/mol. The topological polar surface area (TPSA) is 12.5 Å². The molecule has 1 heterocycles. The van der Waals surface area contributed by atoms with Crippen LogP contribution < -0.4 is 31.3 Å². The Kier molecular flexibility index (Phi) is 9.00. The van der Waals surface area contributed by atoms with Gasteiger partial charge in [-0.15, -0.1) is 0 Å². The predicted octanol–water partition coefficient (Wildman–Crippen LogP) is -5.98. The van der Waals surface area contributed by atoms with E-state index in [1.54, 1.807) is 0 Å². The first-order valence-electron chi connectivity index (χ1n) is 1.08. The normalized spacial score (nSPS) is 14.4. The van der Waals surface area contributed by atoms with Gasteiger partial charge in [-0.3, -0.25) is 0 Å². The summed E-state index contributed by atoms with van der Waals surface area (Å²) in [6, 6.07) is 0. The zero-order valence-electron chi connectivity index (χ0n) is 3.20. The van der Waals surface area contributed by atoms with Crippen molar-refractivity contribution < 1.29 is 36.0 Å². The van der Waals surface area contributed by atoms with Gasteiger partial charge in [0.2, 0.25) is 0 Å². The minimum absolute atomic E-state index is 0. The minimum atomic E-state index is 0. The standard InChI is InChI=1S/C2H4O.ClH.Li/c1-2-3-1;;/h1-2H2;1H;/q;;+1/p-1. The minimum Gasteiger partial charge on any atom is -1.00 e. The molecule has 26 valence electrons. The largest absolute Gasteiger partial charge is 1.00 e. The Bertz CT molecular complexity index is 14.4. The fourth-order valence-electron chi connectivity index (χ4n) is 0. The summed E-state index contributed by atoms with van der Waals surface area (Å²) >= 11 is 0. The predicted molar refractivity (Wildman–Crippen MR) is 10.8 cm³/mol. The average Bonchev–Trinajstić information content (AvgIpc) is 1.46. The van der Waals surface area contributed by atoms with Crippen LogP contribution in [0.5, 0.6) is 0 Å². The van der Waals surface area contributed by atoms with E-state index in [1.165, 1.54) is 0 Å². The Labute approximate surface area is 49.7 Å². The number of epoxide rings is 1. The molecule has 0 amide bonds. The maximum Gasteiger partial charge on any atom is 1.00 e. The molecule has 1 aliphatic rings. The molecule has 0 unspecified atom stereocenters. The Morgan fingerprint density at radius 3 is 1.40 bits per heavy atom. The monoisotopic (exact) mass is 86.0 g/mol. The van der Waals surface area contributed by atoms with E-state index < -0.39 is 0 Å². The van der Waals surface area contributed by atoms with Gasteiger partial charge in [-0.25, -0.2) is 0 Å². The molecule has 0 aromatic heterocycles. The summed E-state index contributed by atoms with van der Waals surface area (Å²) in [6.07, 6.45) is 0. The quantitative estimate of drug-likeness (QED) is 0.211. The summed E-state index contributed by atoms with van der Waals surface area (Å²) in [5.74, 6) is 0. The molecule has 1 aliphatic heterocycles. The van der Waals surface area contributed by atoms with E-state index in [9.17, 15) is 0 Å². The van der Waals surface area contributed by atoms with Crippen molar-refractivity contribution in [2.45, 2.75) is 0 Å². The number of ether oxygens (including phenoxy) is 1. The Hall–Kier alpha value is 0.847. The van der Waals surface area contributed by atoms with Crippen LogP contribution in [0, 0.1) is 0 Å². The summed E-state index contributed by atoms with van der Waals surface area (Å²) < 4.78 is 4.50. The van der Waals surface area contributed by atoms with E-state index in [0.29, 0.717) is 0 Å². The van der Waals surface area contributed by atoms with E-state index >= 15 is 0 Å². The second kappa shape index (κ2) is 4.85. The molecule has 1 rings (SSSR count). The third kappa shape index (κ3) is 11.5. The van der Waals surface area contributed by atoms with Crippen molar-refractivity contribution in [3.05, 3.63) is 0 Å². The van der Waals surface area contributed by atoms with Crippen LogP contribution in [0.15, 0.2) is 0 Å². The van der Waals surface area contributed by atoms with Gasteiger partial charge in [0.1, 0.15) is 0 Å². The zero-order valence-corrected chi connectivity index (χ0v) is 3.96. The van der Waals surface area contributed by atoms with Crippen molar-refractivity contribution in [1.29, 1.82) is 0 Å². The van der Waals surface area contributed by atoms with Crippen LogP contribution >= 0.6 is 0 Å². The van der Waals surface area contributed by atoms with Crippen LogP contribution in [-0.4, -0.2) is 13.2 Å². The first-order valence-corrected chi connectivity index (χ1v) is 1.08. The molecule has 1 saturated heterocycles. The number of hydrogen-bond acceptors (Lipinski definition) is 1. The first kappa shape index (κ1) is 9.28. The van der Waals surface area contributed by atoms with Gasteiger partial charge in [-0.2, -0.15) is 0 Å². The molecule has 0 bridgehead atoms. The van der Waals surface area contributed by atoms with Crippen LogP contribution in [-0.2, 0) is 4.74 Å². The Morgan fingerprint density at radius 2 is 1.40 bits per heavy atom. The molecule has 0 spiro atoms. The van der Waals surface area contributed by atoms with Crippen LogP contribution in [0.1, 0.15) is 0 Å². The average molecular weight is 86.4 g/mol. The van der Waals surface area contributed by atoms with Crippen molar-refractivity contribution in [1.82, 2.24) is 0 Å². The van der Waals surface area contributed by atoms with E-state index in [2.05, 4.69) is 4.74 Å². The maximum atomic E-state index is 4.50. The van der Waals surface area contributed by atoms with E-state index in [4.69, 9.17) is 0 Å². The van der Waals surface area contributed by atoms with Gasteiger partial charge >= 0.3 is 18.9 Å². The molecule has 1 fully saturated rings. The van der Waals surface area contributed by atoms with Crippen molar-refractivity contribution in [2.24, 2.45) is 0 Å². The van der Waals surface area contributed by atoms with Gasteiger partial charge in [0.15, 0.2) is 0 Å². The SMILES string of the molecule is C1CO1.[Cl-].[Li+]. The molecule has 0 saturated carbocycles. The summed E-state index contributed by atoms with van der Waals surface area (Å²) in [5, 5.41) is 0. The Morgan fingerprint density at radius 1 is 1.20 bits per heavy atom. The van der Waals surface area contributed by atoms with Gasteiger partial charge in [0.05, 0.1) is 13.2 Å². The molecule has 5 heavy (non-hydrogen) atoms.